The lowest BCUT2D eigenvalue weighted by Crippen LogP contribution is -2.24. The van der Waals surface area contributed by atoms with Crippen LogP contribution in [-0.2, 0) is 0 Å². The van der Waals surface area contributed by atoms with E-state index < -0.39 is 0 Å². The zero-order valence-corrected chi connectivity index (χ0v) is 12.6. The molecule has 2 aromatic rings. The smallest absolute Gasteiger partial charge is 0.128 e. The van der Waals surface area contributed by atoms with E-state index >= 15 is 0 Å². The van der Waals surface area contributed by atoms with Crippen LogP contribution in [0.1, 0.15) is 42.0 Å². The first-order valence-electron chi connectivity index (χ1n) is 7.75. The summed E-state index contributed by atoms with van der Waals surface area (Å²) < 4.78 is 14.2. The van der Waals surface area contributed by atoms with Crippen LogP contribution in [0.4, 0.5) is 4.39 Å². The molecule has 2 heteroatoms. The number of benzene rings is 2. The lowest BCUT2D eigenvalue weighted by atomic mass is 9.97. The van der Waals surface area contributed by atoms with E-state index in [1.54, 1.807) is 6.07 Å². The molecule has 1 aliphatic carbocycles. The van der Waals surface area contributed by atoms with Crippen LogP contribution < -0.4 is 5.32 Å². The Morgan fingerprint density at radius 1 is 1.19 bits per heavy atom. The summed E-state index contributed by atoms with van der Waals surface area (Å²) in [6.45, 7) is 4.96. The van der Waals surface area contributed by atoms with Crippen molar-refractivity contribution in [3.05, 3.63) is 71.0 Å². The van der Waals surface area contributed by atoms with E-state index in [2.05, 4.69) is 36.5 Å². The summed E-state index contributed by atoms with van der Waals surface area (Å²) in [6, 6.07) is 16.1. The minimum atomic E-state index is -0.0924. The predicted octanol–water partition coefficient (Wildman–Crippen LogP) is 4.59. The SMILES string of the molecule is CCNC(c1cc(C)ccc1F)C1CC1c1ccccc1. The third-order valence-corrected chi connectivity index (χ3v) is 4.41. The van der Waals surface area contributed by atoms with Gasteiger partial charge in [0.25, 0.3) is 0 Å². The van der Waals surface area contributed by atoms with Crippen LogP contribution in [0.2, 0.25) is 0 Å². The zero-order chi connectivity index (χ0) is 14.8. The van der Waals surface area contributed by atoms with Crippen LogP contribution in [-0.4, -0.2) is 6.54 Å². The molecule has 3 atom stereocenters. The fourth-order valence-electron chi connectivity index (χ4n) is 3.28. The van der Waals surface area contributed by atoms with Crippen molar-refractivity contribution in [3.63, 3.8) is 0 Å². The van der Waals surface area contributed by atoms with Crippen molar-refractivity contribution in [2.75, 3.05) is 6.54 Å². The van der Waals surface area contributed by atoms with Gasteiger partial charge in [-0.25, -0.2) is 4.39 Å². The van der Waals surface area contributed by atoms with Crippen LogP contribution in [0.3, 0.4) is 0 Å². The largest absolute Gasteiger partial charge is 0.310 e. The van der Waals surface area contributed by atoms with Crippen LogP contribution >= 0.6 is 0 Å². The summed E-state index contributed by atoms with van der Waals surface area (Å²) in [7, 11) is 0. The molecule has 21 heavy (non-hydrogen) atoms. The van der Waals surface area contributed by atoms with Gasteiger partial charge in [-0.15, -0.1) is 0 Å². The number of hydrogen-bond acceptors (Lipinski definition) is 1. The quantitative estimate of drug-likeness (QED) is 0.846. The number of halogens is 1. The van der Waals surface area contributed by atoms with Crippen molar-refractivity contribution < 1.29 is 4.39 Å². The molecule has 0 amide bonds. The van der Waals surface area contributed by atoms with Gasteiger partial charge in [0, 0.05) is 11.6 Å². The maximum absolute atomic E-state index is 14.2. The summed E-state index contributed by atoms with van der Waals surface area (Å²) in [6.07, 6.45) is 1.13. The third kappa shape index (κ3) is 3.01. The molecule has 1 N–H and O–H groups in total. The van der Waals surface area contributed by atoms with E-state index in [1.165, 1.54) is 5.56 Å². The molecule has 3 rings (SSSR count). The van der Waals surface area contributed by atoms with E-state index in [4.69, 9.17) is 0 Å². The van der Waals surface area contributed by atoms with Crippen LogP contribution in [0.25, 0.3) is 0 Å². The number of rotatable bonds is 5. The fourth-order valence-corrected chi connectivity index (χ4v) is 3.28. The summed E-state index contributed by atoms with van der Waals surface area (Å²) in [5.41, 5.74) is 3.31. The monoisotopic (exact) mass is 283 g/mol. The highest BCUT2D eigenvalue weighted by Gasteiger charge is 2.44. The first-order chi connectivity index (χ1) is 10.2. The summed E-state index contributed by atoms with van der Waals surface area (Å²) >= 11 is 0. The average molecular weight is 283 g/mol. The molecular formula is C19H22FN. The Kier molecular flexibility index (Phi) is 4.07. The Hall–Kier alpha value is -1.67. The molecule has 110 valence electrons. The van der Waals surface area contributed by atoms with E-state index in [0.29, 0.717) is 11.8 Å². The number of aryl methyl sites for hydroxylation is 1. The van der Waals surface area contributed by atoms with Gasteiger partial charge in [0.1, 0.15) is 5.82 Å². The Balaban J connectivity index is 1.85. The molecular weight excluding hydrogens is 261 g/mol. The maximum Gasteiger partial charge on any atom is 0.128 e. The molecule has 3 unspecified atom stereocenters. The van der Waals surface area contributed by atoms with Gasteiger partial charge in [0.2, 0.25) is 0 Å². The predicted molar refractivity (Wildman–Crippen MR) is 84.8 cm³/mol. The van der Waals surface area contributed by atoms with Gasteiger partial charge >= 0.3 is 0 Å². The second kappa shape index (κ2) is 5.98. The molecule has 0 aromatic heterocycles. The highest BCUT2D eigenvalue weighted by Crippen LogP contribution is 2.54. The van der Waals surface area contributed by atoms with Crippen molar-refractivity contribution in [2.45, 2.75) is 32.2 Å². The molecule has 1 fully saturated rings. The van der Waals surface area contributed by atoms with Crippen LogP contribution in [0.5, 0.6) is 0 Å². The first kappa shape index (κ1) is 14.3. The molecule has 1 saturated carbocycles. The van der Waals surface area contributed by atoms with Gasteiger partial charge in [0.05, 0.1) is 0 Å². The molecule has 0 spiro atoms. The van der Waals surface area contributed by atoms with E-state index in [0.717, 1.165) is 24.1 Å². The second-order valence-corrected chi connectivity index (χ2v) is 5.98. The molecule has 0 bridgehead atoms. The van der Waals surface area contributed by atoms with Gasteiger partial charge in [0.15, 0.2) is 0 Å². The summed E-state index contributed by atoms with van der Waals surface area (Å²) in [5, 5.41) is 3.49. The fraction of sp³-hybridized carbons (Fsp3) is 0.368. The van der Waals surface area contributed by atoms with E-state index in [9.17, 15) is 4.39 Å². The Morgan fingerprint density at radius 2 is 1.95 bits per heavy atom. The maximum atomic E-state index is 14.2. The van der Waals surface area contributed by atoms with Gasteiger partial charge in [-0.2, -0.15) is 0 Å². The second-order valence-electron chi connectivity index (χ2n) is 5.98. The lowest BCUT2D eigenvalue weighted by molar-refractivity contribution is 0.461. The highest BCUT2D eigenvalue weighted by atomic mass is 19.1. The minimum Gasteiger partial charge on any atom is -0.310 e. The molecule has 2 aromatic carbocycles. The third-order valence-electron chi connectivity index (χ3n) is 4.41. The van der Waals surface area contributed by atoms with Crippen molar-refractivity contribution >= 4 is 0 Å². The van der Waals surface area contributed by atoms with Crippen molar-refractivity contribution in [1.82, 2.24) is 5.32 Å². The first-order valence-corrected chi connectivity index (χ1v) is 7.75. The van der Waals surface area contributed by atoms with Crippen LogP contribution in [0, 0.1) is 18.7 Å². The standard InChI is InChI=1S/C19H22FN/c1-3-21-19(17-11-13(2)9-10-18(17)20)16-12-15(16)14-7-5-4-6-8-14/h4-11,15-16,19,21H,3,12H2,1-2H3. The Bertz CT molecular complexity index is 608. The Labute approximate surface area is 126 Å². The van der Waals surface area contributed by atoms with Crippen LogP contribution in [0.15, 0.2) is 48.5 Å². The zero-order valence-electron chi connectivity index (χ0n) is 12.6. The van der Waals surface area contributed by atoms with Gasteiger partial charge in [-0.05, 0) is 43.4 Å². The molecule has 0 radical (unpaired) electrons. The highest BCUT2D eigenvalue weighted by molar-refractivity contribution is 5.33. The van der Waals surface area contributed by atoms with Gasteiger partial charge in [-0.3, -0.25) is 0 Å². The number of hydrogen-bond donors (Lipinski definition) is 1. The molecule has 0 aliphatic heterocycles. The van der Waals surface area contributed by atoms with E-state index in [-0.39, 0.29) is 11.9 Å². The van der Waals surface area contributed by atoms with Crippen molar-refractivity contribution in [2.24, 2.45) is 5.92 Å². The lowest BCUT2D eigenvalue weighted by Gasteiger charge is -2.20. The normalized spacial score (nSPS) is 22.0. The molecule has 0 heterocycles. The van der Waals surface area contributed by atoms with Gasteiger partial charge < -0.3 is 5.32 Å². The molecule has 1 aliphatic rings. The van der Waals surface area contributed by atoms with Crippen molar-refractivity contribution in [3.8, 4) is 0 Å². The molecule has 0 saturated heterocycles. The summed E-state index contributed by atoms with van der Waals surface area (Å²) in [5.74, 6) is 0.948. The molecule has 1 nitrogen and oxygen atoms in total. The summed E-state index contributed by atoms with van der Waals surface area (Å²) in [4.78, 5) is 0. The van der Waals surface area contributed by atoms with Crippen molar-refractivity contribution in [1.29, 1.82) is 0 Å². The van der Waals surface area contributed by atoms with Gasteiger partial charge in [-0.1, -0.05) is 55.0 Å². The van der Waals surface area contributed by atoms with E-state index in [1.807, 2.05) is 25.1 Å². The topological polar surface area (TPSA) is 12.0 Å². The average Bonchev–Trinajstić information content (AvgIpc) is 3.29. The number of nitrogens with one attached hydrogen (secondary N) is 1. The Morgan fingerprint density at radius 3 is 2.67 bits per heavy atom. The minimum absolute atomic E-state index is 0.0924.